The van der Waals surface area contributed by atoms with Crippen LogP contribution in [0.1, 0.15) is 43.7 Å². The highest BCUT2D eigenvalue weighted by Gasteiger charge is 2.41. The Bertz CT molecular complexity index is 1140. The molecule has 1 N–H and O–H groups in total. The summed E-state index contributed by atoms with van der Waals surface area (Å²) in [5.41, 5.74) is 2.46. The average molecular weight is 390 g/mol. The molecule has 0 saturated heterocycles. The van der Waals surface area contributed by atoms with Crippen molar-refractivity contribution in [2.75, 3.05) is 6.61 Å². The average Bonchev–Trinajstić information content (AvgIpc) is 3.19. The van der Waals surface area contributed by atoms with Gasteiger partial charge in [0.15, 0.2) is 6.61 Å². The van der Waals surface area contributed by atoms with Crippen LogP contribution in [0, 0.1) is 6.92 Å². The number of aromatic amines is 1. The van der Waals surface area contributed by atoms with Gasteiger partial charge in [0.25, 0.3) is 11.8 Å². The van der Waals surface area contributed by atoms with E-state index in [1.807, 2.05) is 24.3 Å². The number of aryl methyl sites for hydroxylation is 1. The van der Waals surface area contributed by atoms with E-state index in [-0.39, 0.29) is 16.9 Å². The number of imide groups is 1. The van der Waals surface area contributed by atoms with Gasteiger partial charge in [-0.1, -0.05) is 30.3 Å². The maximum absolute atomic E-state index is 12.7. The summed E-state index contributed by atoms with van der Waals surface area (Å²) < 4.78 is 5.15. The van der Waals surface area contributed by atoms with Gasteiger partial charge in [-0.2, -0.15) is 0 Å². The molecule has 1 aliphatic rings. The number of hydrogen-bond acceptors (Lipinski definition) is 5. The van der Waals surface area contributed by atoms with Crippen LogP contribution in [0.3, 0.4) is 0 Å². The Hall–Kier alpha value is -3.74. The van der Waals surface area contributed by atoms with Crippen molar-refractivity contribution in [2.45, 2.75) is 19.9 Å². The largest absolute Gasteiger partial charge is 0.456 e. The van der Waals surface area contributed by atoms with Gasteiger partial charge in [-0.15, -0.1) is 0 Å². The van der Waals surface area contributed by atoms with Crippen LogP contribution in [0.5, 0.6) is 0 Å². The number of H-pyrrole nitrogens is 1. The molecule has 29 heavy (non-hydrogen) atoms. The number of hydrogen-bond donors (Lipinski definition) is 1. The zero-order valence-electron chi connectivity index (χ0n) is 15.9. The summed E-state index contributed by atoms with van der Waals surface area (Å²) in [7, 11) is 0. The van der Waals surface area contributed by atoms with Gasteiger partial charge in [-0.05, 0) is 32.0 Å². The van der Waals surface area contributed by atoms with Crippen molar-refractivity contribution < 1.29 is 23.9 Å². The second-order valence-corrected chi connectivity index (χ2v) is 6.90. The zero-order chi connectivity index (χ0) is 20.7. The molecule has 0 spiro atoms. The highest BCUT2D eigenvalue weighted by Crippen LogP contribution is 2.25. The summed E-state index contributed by atoms with van der Waals surface area (Å²) in [4.78, 5) is 54.1. The lowest BCUT2D eigenvalue weighted by Gasteiger charge is -2.20. The van der Waals surface area contributed by atoms with E-state index in [0.29, 0.717) is 11.3 Å². The lowest BCUT2D eigenvalue weighted by molar-refractivity contribution is -0.146. The number of ketones is 1. The second-order valence-electron chi connectivity index (χ2n) is 6.90. The molecule has 7 nitrogen and oxygen atoms in total. The molecule has 0 fully saturated rings. The Kier molecular flexibility index (Phi) is 4.50. The molecule has 4 rings (SSSR count). The van der Waals surface area contributed by atoms with Gasteiger partial charge in [0, 0.05) is 22.2 Å². The summed E-state index contributed by atoms with van der Waals surface area (Å²) in [6, 6.07) is 12.6. The number of ether oxygens (including phenoxy) is 1. The van der Waals surface area contributed by atoms with Crippen molar-refractivity contribution in [2.24, 2.45) is 0 Å². The van der Waals surface area contributed by atoms with Crippen molar-refractivity contribution in [1.82, 2.24) is 9.88 Å². The third-order valence-corrected chi connectivity index (χ3v) is 5.07. The molecule has 1 aromatic heterocycles. The number of para-hydroxylation sites is 1. The molecule has 2 aromatic carbocycles. The Morgan fingerprint density at radius 2 is 1.59 bits per heavy atom. The number of nitrogens with zero attached hydrogens (tertiary/aromatic N) is 1. The first kappa shape index (κ1) is 18.6. The lowest BCUT2D eigenvalue weighted by atomic mass is 10.1. The minimum Gasteiger partial charge on any atom is -0.456 e. The van der Waals surface area contributed by atoms with Crippen molar-refractivity contribution in [3.05, 3.63) is 70.9 Å². The smallest absolute Gasteiger partial charge is 0.329 e. The molecule has 2 heterocycles. The molecule has 3 aromatic rings. The fourth-order valence-electron chi connectivity index (χ4n) is 3.63. The predicted molar refractivity (Wildman–Crippen MR) is 105 cm³/mol. The van der Waals surface area contributed by atoms with E-state index < -0.39 is 30.4 Å². The van der Waals surface area contributed by atoms with Crippen LogP contribution < -0.4 is 0 Å². The molecule has 2 amide bonds. The molecule has 0 saturated carbocycles. The van der Waals surface area contributed by atoms with E-state index >= 15 is 0 Å². The number of aromatic nitrogens is 1. The van der Waals surface area contributed by atoms with Gasteiger partial charge >= 0.3 is 5.97 Å². The van der Waals surface area contributed by atoms with Crippen LogP contribution in [-0.2, 0) is 9.53 Å². The Morgan fingerprint density at radius 1 is 1.00 bits per heavy atom. The molecule has 0 radical (unpaired) electrons. The first-order valence-corrected chi connectivity index (χ1v) is 9.14. The summed E-state index contributed by atoms with van der Waals surface area (Å²) >= 11 is 0. The molecule has 7 heteroatoms. The van der Waals surface area contributed by atoms with Crippen LogP contribution in [0.25, 0.3) is 10.9 Å². The van der Waals surface area contributed by atoms with Gasteiger partial charge in [0.05, 0.1) is 11.1 Å². The molecule has 146 valence electrons. The molecule has 0 bridgehead atoms. The maximum Gasteiger partial charge on any atom is 0.329 e. The molecule has 0 aliphatic carbocycles. The monoisotopic (exact) mass is 390 g/mol. The van der Waals surface area contributed by atoms with Gasteiger partial charge < -0.3 is 9.72 Å². The van der Waals surface area contributed by atoms with Crippen LogP contribution in [-0.4, -0.2) is 46.1 Å². The van der Waals surface area contributed by atoms with Gasteiger partial charge in [-0.25, -0.2) is 4.79 Å². The number of amides is 2. The van der Waals surface area contributed by atoms with Crippen LogP contribution in [0.15, 0.2) is 48.5 Å². The highest BCUT2D eigenvalue weighted by molar-refractivity contribution is 6.22. The molecule has 1 atom stereocenters. The van der Waals surface area contributed by atoms with Gasteiger partial charge in [-0.3, -0.25) is 19.3 Å². The first-order chi connectivity index (χ1) is 13.9. The van der Waals surface area contributed by atoms with Crippen LogP contribution >= 0.6 is 0 Å². The fourth-order valence-corrected chi connectivity index (χ4v) is 3.63. The Labute approximate surface area is 166 Å². The number of benzene rings is 2. The second kappa shape index (κ2) is 7.01. The van der Waals surface area contributed by atoms with E-state index in [9.17, 15) is 19.2 Å². The van der Waals surface area contributed by atoms with E-state index in [1.165, 1.54) is 19.1 Å². The fraction of sp³-hybridized carbons (Fsp3) is 0.182. The Morgan fingerprint density at radius 3 is 2.24 bits per heavy atom. The standard InChI is InChI=1S/C22H18N2O5/c1-12-19(16-9-5-6-10-17(16)23-12)18(25)11-29-22(28)13(2)24-20(26)14-7-3-4-8-15(14)21(24)27/h3-10,13,23H,11H2,1-2H3. The maximum atomic E-state index is 12.7. The summed E-state index contributed by atoms with van der Waals surface area (Å²) in [6.45, 7) is 2.71. The first-order valence-electron chi connectivity index (χ1n) is 9.14. The summed E-state index contributed by atoms with van der Waals surface area (Å²) in [5, 5.41) is 0.749. The minimum atomic E-state index is -1.14. The van der Waals surface area contributed by atoms with Crippen molar-refractivity contribution in [3.63, 3.8) is 0 Å². The van der Waals surface area contributed by atoms with Crippen molar-refractivity contribution in [1.29, 1.82) is 0 Å². The predicted octanol–water partition coefficient (Wildman–Crippen LogP) is 2.89. The molecule has 1 aliphatic heterocycles. The molecule has 1 unspecified atom stereocenters. The van der Waals surface area contributed by atoms with Crippen molar-refractivity contribution in [3.8, 4) is 0 Å². The number of Topliss-reactive ketones (excluding diaryl/α,β-unsaturated/α-hetero) is 1. The SMILES string of the molecule is Cc1[nH]c2ccccc2c1C(=O)COC(=O)C(C)N1C(=O)c2ccccc2C1=O. The van der Waals surface area contributed by atoms with E-state index in [2.05, 4.69) is 4.98 Å². The molecular formula is C22H18N2O5. The number of carbonyl (C=O) groups is 4. The summed E-state index contributed by atoms with van der Waals surface area (Å²) in [6.07, 6.45) is 0. The molecular weight excluding hydrogens is 372 g/mol. The van der Waals surface area contributed by atoms with E-state index in [0.717, 1.165) is 15.8 Å². The number of esters is 1. The highest BCUT2D eigenvalue weighted by atomic mass is 16.5. The topological polar surface area (TPSA) is 96.5 Å². The summed E-state index contributed by atoms with van der Waals surface area (Å²) in [5.74, 6) is -2.27. The normalized spacial score (nSPS) is 14.2. The quantitative estimate of drug-likeness (QED) is 0.410. The number of fused-ring (bicyclic) bond motifs is 2. The lowest BCUT2D eigenvalue weighted by Crippen LogP contribution is -2.44. The number of carbonyl (C=O) groups excluding carboxylic acids is 4. The van der Waals surface area contributed by atoms with Crippen molar-refractivity contribution >= 4 is 34.5 Å². The van der Waals surface area contributed by atoms with Gasteiger partial charge in [0.1, 0.15) is 6.04 Å². The zero-order valence-corrected chi connectivity index (χ0v) is 15.9. The van der Waals surface area contributed by atoms with E-state index in [1.54, 1.807) is 19.1 Å². The van der Waals surface area contributed by atoms with Crippen LogP contribution in [0.4, 0.5) is 0 Å². The number of nitrogens with one attached hydrogen (secondary N) is 1. The van der Waals surface area contributed by atoms with Crippen LogP contribution in [0.2, 0.25) is 0 Å². The van der Waals surface area contributed by atoms with E-state index in [4.69, 9.17) is 4.74 Å². The Balaban J connectivity index is 1.47. The third-order valence-electron chi connectivity index (χ3n) is 5.07. The third kappa shape index (κ3) is 3.00. The number of rotatable bonds is 5. The minimum absolute atomic E-state index is 0.252. The van der Waals surface area contributed by atoms with Gasteiger partial charge in [0.2, 0.25) is 5.78 Å².